The first-order chi connectivity index (χ1) is 7.24. The third-order valence-electron chi connectivity index (χ3n) is 2.77. The predicted octanol–water partition coefficient (Wildman–Crippen LogP) is 1.76. The zero-order valence-electron chi connectivity index (χ0n) is 8.85. The Kier molecular flexibility index (Phi) is 3.07. The minimum absolute atomic E-state index is 0.0392. The quantitative estimate of drug-likeness (QED) is 0.850. The Labute approximate surface area is 93.9 Å². The molecule has 1 amide bonds. The maximum Gasteiger partial charge on any atom is 0.224 e. The molecule has 2 unspecified atom stereocenters. The van der Waals surface area contributed by atoms with Crippen LogP contribution in [0.15, 0.2) is 17.5 Å². The second kappa shape index (κ2) is 4.33. The van der Waals surface area contributed by atoms with Gasteiger partial charge in [0.1, 0.15) is 0 Å². The van der Waals surface area contributed by atoms with Crippen LogP contribution in [-0.4, -0.2) is 23.4 Å². The van der Waals surface area contributed by atoms with Gasteiger partial charge in [-0.1, -0.05) is 13.0 Å². The van der Waals surface area contributed by atoms with Crippen molar-refractivity contribution in [2.75, 3.05) is 6.54 Å². The lowest BCUT2D eigenvalue weighted by molar-refractivity contribution is -0.129. The highest BCUT2D eigenvalue weighted by molar-refractivity contribution is 7.10. The van der Waals surface area contributed by atoms with Crippen molar-refractivity contribution in [2.45, 2.75) is 31.8 Å². The lowest BCUT2D eigenvalue weighted by Gasteiger charge is -2.25. The Bertz CT molecular complexity index is 336. The lowest BCUT2D eigenvalue weighted by atomic mass is 10.1. The molecular weight excluding hydrogens is 208 g/mol. The van der Waals surface area contributed by atoms with Crippen LogP contribution in [0, 0.1) is 0 Å². The SMILES string of the molecule is CCCN1C(=O)CC(N)C1c1cccs1. The number of carbonyl (C=O) groups excluding carboxylic acids is 1. The number of nitrogens with two attached hydrogens (primary N) is 1. The van der Waals surface area contributed by atoms with Gasteiger partial charge in [-0.2, -0.15) is 0 Å². The molecule has 82 valence electrons. The monoisotopic (exact) mass is 224 g/mol. The summed E-state index contributed by atoms with van der Waals surface area (Å²) in [6.45, 7) is 2.90. The summed E-state index contributed by atoms with van der Waals surface area (Å²) in [6, 6.07) is 4.15. The third kappa shape index (κ3) is 1.92. The zero-order chi connectivity index (χ0) is 10.8. The zero-order valence-corrected chi connectivity index (χ0v) is 9.67. The topological polar surface area (TPSA) is 46.3 Å². The number of likely N-dealkylation sites (tertiary alicyclic amines) is 1. The van der Waals surface area contributed by atoms with Gasteiger partial charge in [-0.15, -0.1) is 11.3 Å². The molecule has 0 aromatic carbocycles. The Morgan fingerprint density at radius 3 is 3.07 bits per heavy atom. The molecule has 0 radical (unpaired) electrons. The predicted molar refractivity (Wildman–Crippen MR) is 61.7 cm³/mol. The van der Waals surface area contributed by atoms with Gasteiger partial charge in [0.15, 0.2) is 0 Å². The van der Waals surface area contributed by atoms with Gasteiger partial charge in [0.05, 0.1) is 6.04 Å². The first kappa shape index (κ1) is 10.6. The van der Waals surface area contributed by atoms with Crippen molar-refractivity contribution in [3.8, 4) is 0 Å². The molecule has 2 rings (SSSR count). The molecule has 1 aromatic heterocycles. The van der Waals surface area contributed by atoms with E-state index >= 15 is 0 Å². The number of rotatable bonds is 3. The average molecular weight is 224 g/mol. The fraction of sp³-hybridized carbons (Fsp3) is 0.545. The maximum absolute atomic E-state index is 11.7. The van der Waals surface area contributed by atoms with E-state index in [4.69, 9.17) is 5.73 Å². The fourth-order valence-electron chi connectivity index (χ4n) is 2.15. The highest BCUT2D eigenvalue weighted by Crippen LogP contribution is 2.34. The van der Waals surface area contributed by atoms with Gasteiger partial charge >= 0.3 is 0 Å². The summed E-state index contributed by atoms with van der Waals surface area (Å²) in [7, 11) is 0. The van der Waals surface area contributed by atoms with Gasteiger partial charge in [-0.3, -0.25) is 4.79 Å². The molecule has 1 aliphatic heterocycles. The molecule has 1 aromatic rings. The normalized spacial score (nSPS) is 26.3. The number of carbonyl (C=O) groups is 1. The Hall–Kier alpha value is -0.870. The molecule has 2 N–H and O–H groups in total. The average Bonchev–Trinajstić information content (AvgIpc) is 2.77. The van der Waals surface area contributed by atoms with Crippen LogP contribution in [0.2, 0.25) is 0 Å². The third-order valence-corrected chi connectivity index (χ3v) is 3.71. The van der Waals surface area contributed by atoms with Gasteiger partial charge in [0.2, 0.25) is 5.91 Å². The van der Waals surface area contributed by atoms with Crippen molar-refractivity contribution in [1.29, 1.82) is 0 Å². The van der Waals surface area contributed by atoms with E-state index in [1.807, 2.05) is 16.3 Å². The highest BCUT2D eigenvalue weighted by atomic mass is 32.1. The second-order valence-electron chi connectivity index (χ2n) is 3.92. The Morgan fingerprint density at radius 2 is 2.47 bits per heavy atom. The second-order valence-corrected chi connectivity index (χ2v) is 4.89. The van der Waals surface area contributed by atoms with Gasteiger partial charge in [-0.05, 0) is 17.9 Å². The minimum Gasteiger partial charge on any atom is -0.333 e. The Balaban J connectivity index is 2.23. The van der Waals surface area contributed by atoms with Gasteiger partial charge in [0.25, 0.3) is 0 Å². The standard InChI is InChI=1S/C11H16N2OS/c1-2-5-13-10(14)7-8(12)11(13)9-4-3-6-15-9/h3-4,6,8,11H,2,5,7,12H2,1H3. The number of thiophene rings is 1. The van der Waals surface area contributed by atoms with E-state index in [1.54, 1.807) is 11.3 Å². The van der Waals surface area contributed by atoms with Crippen LogP contribution in [0.3, 0.4) is 0 Å². The van der Waals surface area contributed by atoms with Gasteiger partial charge in [-0.25, -0.2) is 0 Å². The van der Waals surface area contributed by atoms with E-state index in [0.29, 0.717) is 6.42 Å². The minimum atomic E-state index is -0.0392. The van der Waals surface area contributed by atoms with Crippen LogP contribution in [0.1, 0.15) is 30.7 Å². The first-order valence-corrected chi connectivity index (χ1v) is 6.20. The van der Waals surface area contributed by atoms with Crippen LogP contribution >= 0.6 is 11.3 Å². The molecule has 0 bridgehead atoms. The number of hydrogen-bond donors (Lipinski definition) is 1. The van der Waals surface area contributed by atoms with Crippen LogP contribution in [0.5, 0.6) is 0 Å². The molecule has 2 heterocycles. The molecule has 3 nitrogen and oxygen atoms in total. The van der Waals surface area contributed by atoms with E-state index in [-0.39, 0.29) is 18.0 Å². The van der Waals surface area contributed by atoms with E-state index in [0.717, 1.165) is 13.0 Å². The summed E-state index contributed by atoms with van der Waals surface area (Å²) in [6.07, 6.45) is 1.48. The molecule has 0 aliphatic carbocycles. The smallest absolute Gasteiger partial charge is 0.224 e. The van der Waals surface area contributed by atoms with E-state index in [2.05, 4.69) is 13.0 Å². The lowest BCUT2D eigenvalue weighted by Crippen LogP contribution is -2.33. The van der Waals surface area contributed by atoms with Crippen LogP contribution in [0.25, 0.3) is 0 Å². The fourth-order valence-corrected chi connectivity index (χ4v) is 3.06. The maximum atomic E-state index is 11.7. The molecule has 2 atom stereocenters. The van der Waals surface area contributed by atoms with Crippen molar-refractivity contribution in [3.05, 3.63) is 22.4 Å². The van der Waals surface area contributed by atoms with Crippen molar-refractivity contribution in [3.63, 3.8) is 0 Å². The van der Waals surface area contributed by atoms with Crippen LogP contribution in [0.4, 0.5) is 0 Å². The summed E-state index contributed by atoms with van der Waals surface area (Å²) in [4.78, 5) is 14.9. The molecule has 1 aliphatic rings. The molecule has 0 spiro atoms. The van der Waals surface area contributed by atoms with E-state index in [9.17, 15) is 4.79 Å². The highest BCUT2D eigenvalue weighted by Gasteiger charge is 2.38. The molecule has 0 saturated carbocycles. The summed E-state index contributed by atoms with van der Waals surface area (Å²) in [5.74, 6) is 0.197. The molecule has 4 heteroatoms. The summed E-state index contributed by atoms with van der Waals surface area (Å²) >= 11 is 1.68. The van der Waals surface area contributed by atoms with Crippen LogP contribution < -0.4 is 5.73 Å². The van der Waals surface area contributed by atoms with Crippen molar-refractivity contribution >= 4 is 17.2 Å². The summed E-state index contributed by atoms with van der Waals surface area (Å²) in [5, 5.41) is 2.04. The van der Waals surface area contributed by atoms with Gasteiger partial charge in [0, 0.05) is 23.9 Å². The molecule has 1 saturated heterocycles. The number of nitrogens with zero attached hydrogens (tertiary/aromatic N) is 1. The number of amides is 1. The van der Waals surface area contributed by atoms with Crippen molar-refractivity contribution < 1.29 is 4.79 Å². The summed E-state index contributed by atoms with van der Waals surface area (Å²) < 4.78 is 0. The molecule has 1 fully saturated rings. The first-order valence-electron chi connectivity index (χ1n) is 5.32. The van der Waals surface area contributed by atoms with Crippen LogP contribution in [-0.2, 0) is 4.79 Å². The Morgan fingerprint density at radius 1 is 1.67 bits per heavy atom. The molecular formula is C11H16N2OS. The van der Waals surface area contributed by atoms with E-state index in [1.165, 1.54) is 4.88 Å². The van der Waals surface area contributed by atoms with E-state index < -0.39 is 0 Å². The van der Waals surface area contributed by atoms with Crippen molar-refractivity contribution in [1.82, 2.24) is 4.90 Å². The largest absolute Gasteiger partial charge is 0.333 e. The summed E-state index contributed by atoms with van der Waals surface area (Å²) in [5.41, 5.74) is 6.03. The molecule has 15 heavy (non-hydrogen) atoms. The number of hydrogen-bond acceptors (Lipinski definition) is 3. The van der Waals surface area contributed by atoms with Crippen molar-refractivity contribution in [2.24, 2.45) is 5.73 Å². The van der Waals surface area contributed by atoms with Gasteiger partial charge < -0.3 is 10.6 Å².